The number of Topliss-reactive ketones (excluding diaryl/α,β-unsaturated/α-hetero) is 3. The maximum atomic E-state index is 14.2. The second-order valence-corrected chi connectivity index (χ2v) is 16.0. The van der Waals surface area contributed by atoms with Gasteiger partial charge in [0.2, 0.25) is 11.8 Å². The Morgan fingerprint density at radius 2 is 1.10 bits per heavy atom. The highest BCUT2D eigenvalue weighted by molar-refractivity contribution is 5.97. The van der Waals surface area contributed by atoms with Crippen LogP contribution in [0.25, 0.3) is 0 Å². The fourth-order valence-electron chi connectivity index (χ4n) is 6.90. The fraction of sp³-hybridized carbons (Fsp3) is 0.489. The molecule has 0 aliphatic heterocycles. The molecule has 278 valence electrons. The molecule has 1 saturated carbocycles. The van der Waals surface area contributed by atoms with E-state index in [0.717, 1.165) is 29.5 Å². The van der Waals surface area contributed by atoms with Crippen LogP contribution in [-0.2, 0) is 43.2 Å². The van der Waals surface area contributed by atoms with E-state index in [-0.39, 0.29) is 60.3 Å². The maximum absolute atomic E-state index is 14.2. The first-order chi connectivity index (χ1) is 24.8. The molecule has 0 bridgehead atoms. The van der Waals surface area contributed by atoms with Crippen molar-refractivity contribution in [3.05, 3.63) is 108 Å². The molecule has 0 radical (unpaired) electrons. The third kappa shape index (κ3) is 13.0. The molecule has 0 spiro atoms. The van der Waals surface area contributed by atoms with E-state index in [1.54, 1.807) is 0 Å². The van der Waals surface area contributed by atoms with Crippen molar-refractivity contribution in [3.8, 4) is 0 Å². The molecule has 1 aliphatic rings. The Bertz CT molecular complexity index is 1620. The Labute approximate surface area is 310 Å². The Hall–Kier alpha value is -4.39. The van der Waals surface area contributed by atoms with Gasteiger partial charge in [0.25, 0.3) is 0 Å². The zero-order valence-electron chi connectivity index (χ0n) is 31.7. The van der Waals surface area contributed by atoms with Crippen LogP contribution in [0, 0.1) is 29.1 Å². The first-order valence-corrected chi connectivity index (χ1v) is 19.1. The molecule has 0 aromatic heterocycles. The van der Waals surface area contributed by atoms with Crippen molar-refractivity contribution in [3.63, 3.8) is 0 Å². The molecule has 4 atom stereocenters. The van der Waals surface area contributed by atoms with E-state index in [2.05, 4.69) is 10.6 Å². The molecule has 0 heterocycles. The number of carbonyl (C=O) groups excluding carboxylic acids is 5. The van der Waals surface area contributed by atoms with Gasteiger partial charge in [-0.2, -0.15) is 0 Å². The van der Waals surface area contributed by atoms with Gasteiger partial charge in [-0.25, -0.2) is 0 Å². The van der Waals surface area contributed by atoms with Crippen LogP contribution in [-0.4, -0.2) is 41.2 Å². The van der Waals surface area contributed by atoms with Crippen LogP contribution in [0.1, 0.15) is 96.3 Å². The number of rotatable bonds is 22. The third-order valence-electron chi connectivity index (χ3n) is 10.2. The SMILES string of the molecule is CC(C)C[C@H](NC(=O)C(CCc1ccccc1)CC(=O)Cc1ccccc1)C(=O)C[C@@H](Cc1ccccc1)C(=O)N[C@@H](CC(C)C)C(=O)C1(C)CC1. The van der Waals surface area contributed by atoms with Crippen molar-refractivity contribution in [2.45, 2.75) is 111 Å². The Balaban J connectivity index is 1.53. The minimum Gasteiger partial charge on any atom is -0.346 e. The molecule has 1 aliphatic carbocycles. The van der Waals surface area contributed by atoms with Gasteiger partial charge in [-0.15, -0.1) is 0 Å². The van der Waals surface area contributed by atoms with Crippen LogP contribution in [0.2, 0.25) is 0 Å². The molecular weight excluding hydrogens is 649 g/mol. The van der Waals surface area contributed by atoms with Crippen LogP contribution in [0.5, 0.6) is 0 Å². The molecule has 52 heavy (non-hydrogen) atoms. The molecule has 7 nitrogen and oxygen atoms in total. The summed E-state index contributed by atoms with van der Waals surface area (Å²) in [5, 5.41) is 6.12. The lowest BCUT2D eigenvalue weighted by Gasteiger charge is -2.27. The second-order valence-electron chi connectivity index (χ2n) is 16.0. The smallest absolute Gasteiger partial charge is 0.224 e. The van der Waals surface area contributed by atoms with Crippen LogP contribution in [0.3, 0.4) is 0 Å². The number of hydrogen-bond acceptors (Lipinski definition) is 5. The lowest BCUT2D eigenvalue weighted by atomic mass is 9.87. The average Bonchev–Trinajstić information content (AvgIpc) is 3.87. The summed E-state index contributed by atoms with van der Waals surface area (Å²) in [4.78, 5) is 69.1. The van der Waals surface area contributed by atoms with E-state index < -0.39 is 29.3 Å². The third-order valence-corrected chi connectivity index (χ3v) is 10.2. The van der Waals surface area contributed by atoms with Crippen LogP contribution >= 0.6 is 0 Å². The highest BCUT2D eigenvalue weighted by Gasteiger charge is 2.48. The molecule has 2 N–H and O–H groups in total. The van der Waals surface area contributed by atoms with Crippen molar-refractivity contribution in [2.24, 2.45) is 29.1 Å². The summed E-state index contributed by atoms with van der Waals surface area (Å²) in [5.74, 6) is -1.88. The molecule has 3 aromatic carbocycles. The number of hydrogen-bond donors (Lipinski definition) is 2. The maximum Gasteiger partial charge on any atom is 0.224 e. The number of carbonyl (C=O) groups is 5. The molecule has 3 aromatic rings. The Morgan fingerprint density at radius 1 is 0.615 bits per heavy atom. The van der Waals surface area contributed by atoms with E-state index in [1.165, 1.54) is 0 Å². The fourth-order valence-corrected chi connectivity index (χ4v) is 6.90. The van der Waals surface area contributed by atoms with Crippen LogP contribution in [0.4, 0.5) is 0 Å². The summed E-state index contributed by atoms with van der Waals surface area (Å²) in [5.41, 5.74) is 2.49. The van der Waals surface area contributed by atoms with Crippen molar-refractivity contribution >= 4 is 29.2 Å². The van der Waals surface area contributed by atoms with Gasteiger partial charge in [0, 0.05) is 36.5 Å². The highest BCUT2D eigenvalue weighted by Crippen LogP contribution is 2.47. The molecule has 2 amide bonds. The predicted molar refractivity (Wildman–Crippen MR) is 206 cm³/mol. The van der Waals surface area contributed by atoms with Crippen LogP contribution in [0.15, 0.2) is 91.0 Å². The summed E-state index contributed by atoms with van der Waals surface area (Å²) in [6.45, 7) is 10.0. The molecule has 1 fully saturated rings. The van der Waals surface area contributed by atoms with Crippen molar-refractivity contribution in [1.82, 2.24) is 10.6 Å². The van der Waals surface area contributed by atoms with Gasteiger partial charge in [0.15, 0.2) is 11.6 Å². The normalized spacial score (nSPS) is 15.7. The lowest BCUT2D eigenvalue weighted by Crippen LogP contribution is -2.49. The zero-order valence-corrected chi connectivity index (χ0v) is 31.7. The monoisotopic (exact) mass is 706 g/mol. The van der Waals surface area contributed by atoms with Gasteiger partial charge in [-0.3, -0.25) is 24.0 Å². The standard InChI is InChI=1S/C45H58N2O5/c1-31(2)25-39(46-43(51)36(22-21-33-15-9-6-10-16-33)29-38(48)28-35-19-13-8-14-20-35)41(49)30-37(27-34-17-11-7-12-18-34)44(52)47-40(26-32(3)4)42(50)45(5)23-24-45/h6-20,31-32,36-37,39-40H,21-30H2,1-5H3,(H,46,51)(H,47,52)/t36?,37-,39+,40+/m1/s1. The number of benzene rings is 3. The summed E-state index contributed by atoms with van der Waals surface area (Å²) in [6.07, 6.45) is 4.21. The van der Waals surface area contributed by atoms with E-state index in [4.69, 9.17) is 0 Å². The minimum absolute atomic E-state index is 0.0312. The topological polar surface area (TPSA) is 109 Å². The number of aryl methyl sites for hydroxylation is 1. The van der Waals surface area contributed by atoms with E-state index in [9.17, 15) is 24.0 Å². The number of amides is 2. The van der Waals surface area contributed by atoms with Gasteiger partial charge < -0.3 is 10.6 Å². The minimum atomic E-state index is -0.819. The molecule has 7 heteroatoms. The van der Waals surface area contributed by atoms with E-state index in [1.807, 2.05) is 126 Å². The predicted octanol–water partition coefficient (Wildman–Crippen LogP) is 7.69. The number of nitrogens with one attached hydrogen (secondary N) is 2. The first-order valence-electron chi connectivity index (χ1n) is 19.1. The van der Waals surface area contributed by atoms with Gasteiger partial charge in [0.05, 0.1) is 12.1 Å². The average molecular weight is 707 g/mol. The van der Waals surface area contributed by atoms with Gasteiger partial charge >= 0.3 is 0 Å². The van der Waals surface area contributed by atoms with Gasteiger partial charge in [-0.05, 0) is 73.5 Å². The molecule has 4 rings (SSSR count). The molecule has 1 unspecified atom stereocenters. The summed E-state index contributed by atoms with van der Waals surface area (Å²) >= 11 is 0. The Morgan fingerprint density at radius 3 is 1.63 bits per heavy atom. The summed E-state index contributed by atoms with van der Waals surface area (Å²) in [7, 11) is 0. The molecule has 0 saturated heterocycles. The zero-order chi connectivity index (χ0) is 37.7. The highest BCUT2D eigenvalue weighted by atomic mass is 16.2. The van der Waals surface area contributed by atoms with Crippen LogP contribution < -0.4 is 10.6 Å². The summed E-state index contributed by atoms with van der Waals surface area (Å²) in [6, 6.07) is 27.5. The summed E-state index contributed by atoms with van der Waals surface area (Å²) < 4.78 is 0. The lowest BCUT2D eigenvalue weighted by molar-refractivity contribution is -0.135. The van der Waals surface area contributed by atoms with Crippen molar-refractivity contribution in [2.75, 3.05) is 0 Å². The van der Waals surface area contributed by atoms with Gasteiger partial charge in [0.1, 0.15) is 5.78 Å². The van der Waals surface area contributed by atoms with Crippen molar-refractivity contribution in [1.29, 1.82) is 0 Å². The largest absolute Gasteiger partial charge is 0.346 e. The number of ketones is 3. The van der Waals surface area contributed by atoms with Crippen molar-refractivity contribution < 1.29 is 24.0 Å². The first kappa shape index (κ1) is 40.4. The van der Waals surface area contributed by atoms with Gasteiger partial charge in [-0.1, -0.05) is 126 Å². The van der Waals surface area contributed by atoms with E-state index in [0.29, 0.717) is 32.1 Å². The van der Waals surface area contributed by atoms with E-state index >= 15 is 0 Å². The second kappa shape index (κ2) is 19.4. The quantitative estimate of drug-likeness (QED) is 0.111. The molecular formula is C45H58N2O5. The Kier molecular flexibility index (Phi) is 15.1.